The minimum Gasteiger partial charge on any atom is -0.497 e. The molecule has 0 aliphatic rings. The van der Waals surface area contributed by atoms with Crippen molar-refractivity contribution in [1.82, 2.24) is 4.57 Å². The highest BCUT2D eigenvalue weighted by atomic mass is 16.5. The maximum absolute atomic E-state index is 5.37. The summed E-state index contributed by atoms with van der Waals surface area (Å²) in [6.45, 7) is 0. The summed E-state index contributed by atoms with van der Waals surface area (Å²) in [6, 6.07) is 29.4. The van der Waals surface area contributed by atoms with Crippen LogP contribution in [0.25, 0.3) is 27.8 Å². The minimum absolute atomic E-state index is 0.877. The lowest BCUT2D eigenvalue weighted by molar-refractivity contribution is 0.415. The van der Waals surface area contributed by atoms with Crippen LogP contribution >= 0.6 is 0 Å². The quantitative estimate of drug-likeness (QED) is 0.500. The van der Waals surface area contributed by atoms with Crippen LogP contribution in [-0.4, -0.2) is 11.7 Å². The third kappa shape index (κ3) is 2.38. The Morgan fingerprint density at radius 3 is 2.13 bits per heavy atom. The predicted molar refractivity (Wildman–Crippen MR) is 95.3 cm³/mol. The van der Waals surface area contributed by atoms with E-state index in [1.807, 2.05) is 18.2 Å². The number of aromatic nitrogens is 1. The number of para-hydroxylation sites is 1. The van der Waals surface area contributed by atoms with Crippen molar-refractivity contribution in [3.8, 4) is 22.7 Å². The smallest absolute Gasteiger partial charge is 0.119 e. The molecular formula is C21H17NO. The third-order valence-electron chi connectivity index (χ3n) is 4.09. The summed E-state index contributed by atoms with van der Waals surface area (Å²) in [4.78, 5) is 0. The summed E-state index contributed by atoms with van der Waals surface area (Å²) in [6.07, 6.45) is 0. The number of methoxy groups -OCH3 is 1. The first kappa shape index (κ1) is 13.6. The molecule has 0 amide bonds. The zero-order chi connectivity index (χ0) is 15.6. The summed E-state index contributed by atoms with van der Waals surface area (Å²) >= 11 is 0. The first-order valence-electron chi connectivity index (χ1n) is 7.67. The second kappa shape index (κ2) is 5.65. The van der Waals surface area contributed by atoms with Crippen molar-refractivity contribution in [1.29, 1.82) is 0 Å². The molecule has 0 aliphatic heterocycles. The molecule has 0 fully saturated rings. The van der Waals surface area contributed by atoms with Crippen LogP contribution in [-0.2, 0) is 0 Å². The number of nitrogens with zero attached hydrogens (tertiary/aromatic N) is 1. The molecule has 0 aliphatic carbocycles. The normalized spacial score (nSPS) is 10.8. The van der Waals surface area contributed by atoms with Crippen molar-refractivity contribution in [3.63, 3.8) is 0 Å². The minimum atomic E-state index is 0.877. The molecule has 0 saturated heterocycles. The van der Waals surface area contributed by atoms with E-state index < -0.39 is 0 Å². The lowest BCUT2D eigenvalue weighted by Crippen LogP contribution is -1.96. The molecule has 0 radical (unpaired) electrons. The van der Waals surface area contributed by atoms with Gasteiger partial charge in [-0.15, -0.1) is 0 Å². The van der Waals surface area contributed by atoms with Crippen LogP contribution in [0.3, 0.4) is 0 Å². The van der Waals surface area contributed by atoms with E-state index in [4.69, 9.17) is 4.74 Å². The molecule has 0 N–H and O–H groups in total. The van der Waals surface area contributed by atoms with Crippen molar-refractivity contribution in [3.05, 3.63) is 84.9 Å². The average molecular weight is 299 g/mol. The van der Waals surface area contributed by atoms with Crippen LogP contribution in [0.1, 0.15) is 0 Å². The van der Waals surface area contributed by atoms with Crippen molar-refractivity contribution in [2.45, 2.75) is 0 Å². The van der Waals surface area contributed by atoms with Crippen LogP contribution in [0.2, 0.25) is 0 Å². The van der Waals surface area contributed by atoms with E-state index in [9.17, 15) is 0 Å². The summed E-state index contributed by atoms with van der Waals surface area (Å²) in [5, 5.41) is 1.17. The van der Waals surface area contributed by atoms with Gasteiger partial charge in [-0.1, -0.05) is 48.5 Å². The molecule has 0 spiro atoms. The van der Waals surface area contributed by atoms with E-state index in [2.05, 4.69) is 71.3 Å². The van der Waals surface area contributed by atoms with Crippen LogP contribution in [0.4, 0.5) is 0 Å². The molecule has 0 saturated carbocycles. The van der Waals surface area contributed by atoms with Crippen molar-refractivity contribution >= 4 is 10.9 Å². The van der Waals surface area contributed by atoms with Crippen molar-refractivity contribution < 1.29 is 4.74 Å². The monoisotopic (exact) mass is 299 g/mol. The van der Waals surface area contributed by atoms with Crippen LogP contribution in [0, 0.1) is 0 Å². The Kier molecular flexibility index (Phi) is 3.35. The Bertz CT molecular complexity index is 940. The Hall–Kier alpha value is -3.00. The van der Waals surface area contributed by atoms with Gasteiger partial charge in [0.1, 0.15) is 5.75 Å². The molecule has 4 aromatic rings. The highest BCUT2D eigenvalue weighted by Crippen LogP contribution is 2.33. The largest absolute Gasteiger partial charge is 0.497 e. The molecule has 1 aromatic heterocycles. The molecule has 2 nitrogen and oxygen atoms in total. The number of ether oxygens (including phenoxy) is 1. The lowest BCUT2D eigenvalue weighted by Gasteiger charge is -2.11. The highest BCUT2D eigenvalue weighted by molar-refractivity contribution is 5.90. The van der Waals surface area contributed by atoms with E-state index in [0.717, 1.165) is 11.4 Å². The topological polar surface area (TPSA) is 14.2 Å². The predicted octanol–water partition coefficient (Wildman–Crippen LogP) is 5.31. The summed E-state index contributed by atoms with van der Waals surface area (Å²) in [5.74, 6) is 0.877. The molecule has 2 heteroatoms. The Balaban J connectivity index is 2.04. The van der Waals surface area contributed by atoms with Gasteiger partial charge in [0.2, 0.25) is 0 Å². The average Bonchev–Trinajstić information content (AvgIpc) is 3.01. The van der Waals surface area contributed by atoms with Crippen molar-refractivity contribution in [2.24, 2.45) is 0 Å². The van der Waals surface area contributed by atoms with Gasteiger partial charge in [-0.05, 0) is 42.0 Å². The summed E-state index contributed by atoms with van der Waals surface area (Å²) < 4.78 is 7.67. The first-order chi connectivity index (χ1) is 11.4. The SMILES string of the molecule is COc1ccc2c(c1)cc(-c1ccccc1)n2-c1ccccc1. The van der Waals surface area contributed by atoms with Crippen molar-refractivity contribution in [2.75, 3.05) is 7.11 Å². The number of benzene rings is 3. The molecule has 23 heavy (non-hydrogen) atoms. The molecule has 112 valence electrons. The van der Waals surface area contributed by atoms with Gasteiger partial charge in [0.15, 0.2) is 0 Å². The van der Waals surface area contributed by atoms with Gasteiger partial charge < -0.3 is 9.30 Å². The van der Waals surface area contributed by atoms with Gasteiger partial charge in [0, 0.05) is 11.1 Å². The fraction of sp³-hybridized carbons (Fsp3) is 0.0476. The molecule has 4 rings (SSSR count). The summed E-state index contributed by atoms with van der Waals surface area (Å²) in [7, 11) is 1.70. The van der Waals surface area contributed by atoms with E-state index in [1.54, 1.807) is 7.11 Å². The van der Waals surface area contributed by atoms with Gasteiger partial charge in [0.05, 0.1) is 18.3 Å². The van der Waals surface area contributed by atoms with Gasteiger partial charge in [-0.3, -0.25) is 0 Å². The molecular weight excluding hydrogens is 282 g/mol. The van der Waals surface area contributed by atoms with Crippen LogP contribution in [0.5, 0.6) is 5.75 Å². The Morgan fingerprint density at radius 2 is 1.43 bits per heavy atom. The number of hydrogen-bond acceptors (Lipinski definition) is 1. The number of hydrogen-bond donors (Lipinski definition) is 0. The molecule has 0 bridgehead atoms. The van der Waals surface area contributed by atoms with Gasteiger partial charge in [-0.25, -0.2) is 0 Å². The Morgan fingerprint density at radius 1 is 0.739 bits per heavy atom. The molecule has 3 aromatic carbocycles. The van der Waals surface area contributed by atoms with Gasteiger partial charge >= 0.3 is 0 Å². The Labute approximate surface area is 135 Å². The standard InChI is InChI=1S/C21H17NO/c1-23-19-12-13-20-17(14-19)15-21(16-8-4-2-5-9-16)22(20)18-10-6-3-7-11-18/h2-15H,1H3. The zero-order valence-corrected chi connectivity index (χ0v) is 12.9. The molecule has 0 unspecified atom stereocenters. The second-order valence-electron chi connectivity index (χ2n) is 5.49. The summed E-state index contributed by atoms with van der Waals surface area (Å²) in [5.41, 5.74) is 4.72. The number of rotatable bonds is 3. The second-order valence-corrected chi connectivity index (χ2v) is 5.49. The van der Waals surface area contributed by atoms with E-state index in [0.29, 0.717) is 0 Å². The lowest BCUT2D eigenvalue weighted by atomic mass is 10.1. The molecule has 1 heterocycles. The fourth-order valence-corrected chi connectivity index (χ4v) is 3.00. The number of fused-ring (bicyclic) bond motifs is 1. The maximum Gasteiger partial charge on any atom is 0.119 e. The maximum atomic E-state index is 5.37. The fourth-order valence-electron chi connectivity index (χ4n) is 3.00. The molecule has 0 atom stereocenters. The van der Waals surface area contributed by atoms with E-state index in [1.165, 1.54) is 22.2 Å². The van der Waals surface area contributed by atoms with Gasteiger partial charge in [0.25, 0.3) is 0 Å². The highest BCUT2D eigenvalue weighted by Gasteiger charge is 2.12. The third-order valence-corrected chi connectivity index (χ3v) is 4.09. The van der Waals surface area contributed by atoms with Gasteiger partial charge in [-0.2, -0.15) is 0 Å². The van der Waals surface area contributed by atoms with E-state index in [-0.39, 0.29) is 0 Å². The van der Waals surface area contributed by atoms with E-state index >= 15 is 0 Å². The first-order valence-corrected chi connectivity index (χ1v) is 7.67. The van der Waals surface area contributed by atoms with Crippen LogP contribution < -0.4 is 4.74 Å². The van der Waals surface area contributed by atoms with Crippen LogP contribution in [0.15, 0.2) is 84.9 Å². The zero-order valence-electron chi connectivity index (χ0n) is 12.9.